The first-order chi connectivity index (χ1) is 15.7. The molecule has 3 rings (SSSR count). The van der Waals surface area contributed by atoms with E-state index in [9.17, 15) is 4.79 Å². The number of rotatable bonds is 13. The lowest BCUT2D eigenvalue weighted by Crippen LogP contribution is -2.06. The van der Waals surface area contributed by atoms with Crippen LogP contribution in [0.1, 0.15) is 85.3 Å². The van der Waals surface area contributed by atoms with E-state index in [1.807, 2.05) is 30.3 Å². The Balaban J connectivity index is 1.49. The fourth-order valence-corrected chi connectivity index (χ4v) is 4.75. The van der Waals surface area contributed by atoms with Gasteiger partial charge in [0, 0.05) is 4.88 Å². The Morgan fingerprint density at radius 2 is 1.31 bits per heavy atom. The maximum atomic E-state index is 12.5. The first-order valence-corrected chi connectivity index (χ1v) is 13.0. The summed E-state index contributed by atoms with van der Waals surface area (Å²) in [6.45, 7) is 4.46. The second-order valence-corrected chi connectivity index (χ2v) is 9.67. The second-order valence-electron chi connectivity index (χ2n) is 8.50. The standard InChI is InChI=1S/C29H36O2S/c1-3-5-7-8-9-10-12-27-21-22-28(32-27)29(30)31-26-19-17-25(18-20-26)24-15-13-23(14-16-24)11-6-4-2/h13-22H,3-12H2,1-2H3. The highest BCUT2D eigenvalue weighted by atomic mass is 32.1. The molecule has 0 bridgehead atoms. The average molecular weight is 449 g/mol. The molecule has 0 aliphatic rings. The summed E-state index contributed by atoms with van der Waals surface area (Å²) in [6.07, 6.45) is 12.4. The van der Waals surface area contributed by atoms with Gasteiger partial charge in [0.15, 0.2) is 0 Å². The molecule has 0 fully saturated rings. The molecular formula is C29H36O2S. The number of ether oxygens (including phenoxy) is 1. The van der Waals surface area contributed by atoms with Crippen molar-refractivity contribution in [2.24, 2.45) is 0 Å². The normalized spacial score (nSPS) is 10.9. The lowest BCUT2D eigenvalue weighted by molar-refractivity contribution is 0.0740. The van der Waals surface area contributed by atoms with Gasteiger partial charge in [-0.2, -0.15) is 0 Å². The molecule has 0 atom stereocenters. The maximum absolute atomic E-state index is 12.5. The van der Waals surface area contributed by atoms with Gasteiger partial charge in [-0.15, -0.1) is 11.3 Å². The average Bonchev–Trinajstić information content (AvgIpc) is 3.30. The van der Waals surface area contributed by atoms with E-state index in [0.717, 1.165) is 18.4 Å². The molecule has 0 aliphatic carbocycles. The quantitative estimate of drug-likeness (QED) is 0.148. The van der Waals surface area contributed by atoms with Crippen molar-refractivity contribution < 1.29 is 9.53 Å². The molecule has 0 aliphatic heterocycles. The summed E-state index contributed by atoms with van der Waals surface area (Å²) in [7, 11) is 0. The van der Waals surface area contributed by atoms with Crippen LogP contribution < -0.4 is 4.74 Å². The molecule has 2 nitrogen and oxygen atoms in total. The molecule has 1 heterocycles. The van der Waals surface area contributed by atoms with Gasteiger partial charge in [0.25, 0.3) is 0 Å². The van der Waals surface area contributed by atoms with Gasteiger partial charge in [0.05, 0.1) is 0 Å². The fraction of sp³-hybridized carbons (Fsp3) is 0.414. The van der Waals surface area contributed by atoms with Gasteiger partial charge >= 0.3 is 5.97 Å². The van der Waals surface area contributed by atoms with Crippen LogP contribution in [0.25, 0.3) is 11.1 Å². The van der Waals surface area contributed by atoms with Crippen LogP contribution in [0.4, 0.5) is 0 Å². The molecule has 170 valence electrons. The molecule has 32 heavy (non-hydrogen) atoms. The lowest BCUT2D eigenvalue weighted by atomic mass is 10.0. The molecule has 2 aromatic carbocycles. The minimum Gasteiger partial charge on any atom is -0.422 e. The van der Waals surface area contributed by atoms with Gasteiger partial charge < -0.3 is 4.74 Å². The van der Waals surface area contributed by atoms with Crippen LogP contribution in [-0.4, -0.2) is 5.97 Å². The molecule has 0 saturated heterocycles. The third kappa shape index (κ3) is 7.63. The summed E-state index contributed by atoms with van der Waals surface area (Å²) in [4.78, 5) is 14.5. The first kappa shape index (κ1) is 24.3. The maximum Gasteiger partial charge on any atom is 0.353 e. The van der Waals surface area contributed by atoms with Crippen molar-refractivity contribution in [2.75, 3.05) is 0 Å². The Hall–Kier alpha value is -2.39. The molecule has 0 N–H and O–H groups in total. The Morgan fingerprint density at radius 1 is 0.688 bits per heavy atom. The van der Waals surface area contributed by atoms with Crippen molar-refractivity contribution in [3.63, 3.8) is 0 Å². The van der Waals surface area contributed by atoms with E-state index in [-0.39, 0.29) is 5.97 Å². The molecule has 0 radical (unpaired) electrons. The Morgan fingerprint density at radius 3 is 2.00 bits per heavy atom. The Labute approximate surface area is 197 Å². The van der Waals surface area contributed by atoms with Crippen molar-refractivity contribution >= 4 is 17.3 Å². The van der Waals surface area contributed by atoms with Gasteiger partial charge in [-0.1, -0.05) is 88.8 Å². The second kappa shape index (κ2) is 13.2. The van der Waals surface area contributed by atoms with E-state index in [1.165, 1.54) is 67.4 Å². The lowest BCUT2D eigenvalue weighted by Gasteiger charge is -2.06. The molecule has 0 saturated carbocycles. The van der Waals surface area contributed by atoms with Crippen molar-refractivity contribution in [3.05, 3.63) is 76.0 Å². The highest BCUT2D eigenvalue weighted by Gasteiger charge is 2.12. The highest BCUT2D eigenvalue weighted by Crippen LogP contribution is 2.25. The predicted molar refractivity (Wildman–Crippen MR) is 137 cm³/mol. The number of thiophene rings is 1. The summed E-state index contributed by atoms with van der Waals surface area (Å²) in [5.74, 6) is 0.321. The summed E-state index contributed by atoms with van der Waals surface area (Å²) in [5, 5.41) is 0. The van der Waals surface area contributed by atoms with Crippen LogP contribution in [-0.2, 0) is 12.8 Å². The smallest absolute Gasteiger partial charge is 0.353 e. The van der Waals surface area contributed by atoms with Crippen molar-refractivity contribution in [3.8, 4) is 16.9 Å². The number of hydrogen-bond acceptors (Lipinski definition) is 3. The van der Waals surface area contributed by atoms with Crippen LogP contribution in [0.5, 0.6) is 5.75 Å². The van der Waals surface area contributed by atoms with E-state index in [1.54, 1.807) is 11.3 Å². The molecular weight excluding hydrogens is 412 g/mol. The molecule has 0 amide bonds. The number of benzene rings is 2. The Bertz CT molecular complexity index is 938. The summed E-state index contributed by atoms with van der Waals surface area (Å²) in [5.41, 5.74) is 3.69. The van der Waals surface area contributed by atoms with Crippen molar-refractivity contribution in [1.29, 1.82) is 0 Å². The molecule has 0 spiro atoms. The van der Waals surface area contributed by atoms with Gasteiger partial charge in [-0.3, -0.25) is 0 Å². The van der Waals surface area contributed by atoms with Crippen LogP contribution >= 0.6 is 11.3 Å². The summed E-state index contributed by atoms with van der Waals surface area (Å²) in [6, 6.07) is 20.5. The van der Waals surface area contributed by atoms with Crippen molar-refractivity contribution in [1.82, 2.24) is 0 Å². The zero-order valence-corrected chi connectivity index (χ0v) is 20.4. The number of aryl methyl sites for hydroxylation is 2. The highest BCUT2D eigenvalue weighted by molar-refractivity contribution is 7.13. The van der Waals surface area contributed by atoms with Crippen LogP contribution in [0.2, 0.25) is 0 Å². The minimum absolute atomic E-state index is 0.266. The molecule has 3 aromatic rings. The van der Waals surface area contributed by atoms with Gasteiger partial charge in [0.2, 0.25) is 0 Å². The third-order valence-corrected chi connectivity index (χ3v) is 6.94. The van der Waals surface area contributed by atoms with E-state index >= 15 is 0 Å². The number of hydrogen-bond donors (Lipinski definition) is 0. The van der Waals surface area contributed by atoms with Gasteiger partial charge in [-0.05, 0) is 66.6 Å². The molecule has 1 aromatic heterocycles. The van der Waals surface area contributed by atoms with E-state index in [2.05, 4.69) is 44.2 Å². The van der Waals surface area contributed by atoms with Crippen LogP contribution in [0.3, 0.4) is 0 Å². The Kier molecular flexibility index (Phi) is 10.0. The van der Waals surface area contributed by atoms with Gasteiger partial charge in [0.1, 0.15) is 10.6 Å². The first-order valence-electron chi connectivity index (χ1n) is 12.2. The largest absolute Gasteiger partial charge is 0.422 e. The van der Waals surface area contributed by atoms with E-state index in [4.69, 9.17) is 4.74 Å². The number of carbonyl (C=O) groups excluding carboxylic acids is 1. The SMILES string of the molecule is CCCCCCCCc1ccc(C(=O)Oc2ccc(-c3ccc(CCCC)cc3)cc2)s1. The zero-order valence-electron chi connectivity index (χ0n) is 19.6. The molecule has 3 heteroatoms. The third-order valence-electron chi connectivity index (χ3n) is 5.81. The number of esters is 1. The number of unbranched alkanes of at least 4 members (excludes halogenated alkanes) is 6. The number of carbonyl (C=O) groups is 1. The van der Waals surface area contributed by atoms with Gasteiger partial charge in [-0.25, -0.2) is 4.79 Å². The fourth-order valence-electron chi connectivity index (χ4n) is 3.82. The van der Waals surface area contributed by atoms with Crippen molar-refractivity contribution in [2.45, 2.75) is 78.1 Å². The topological polar surface area (TPSA) is 26.3 Å². The van der Waals surface area contributed by atoms with Crippen LogP contribution in [0, 0.1) is 0 Å². The van der Waals surface area contributed by atoms with E-state index in [0.29, 0.717) is 10.6 Å². The minimum atomic E-state index is -0.266. The van der Waals surface area contributed by atoms with E-state index < -0.39 is 0 Å². The summed E-state index contributed by atoms with van der Waals surface area (Å²) >= 11 is 1.56. The predicted octanol–water partition coefficient (Wildman–Crippen LogP) is 8.88. The monoisotopic (exact) mass is 448 g/mol. The summed E-state index contributed by atoms with van der Waals surface area (Å²) < 4.78 is 5.61. The molecule has 0 unspecified atom stereocenters. The zero-order chi connectivity index (χ0) is 22.6. The van der Waals surface area contributed by atoms with Crippen LogP contribution in [0.15, 0.2) is 60.7 Å².